The number of ether oxygens (including phenoxy) is 2. The number of methoxy groups -OCH3 is 1. The zero-order valence-electron chi connectivity index (χ0n) is 13.2. The first kappa shape index (κ1) is 16.8. The Morgan fingerprint density at radius 2 is 1.95 bits per heavy atom. The van der Waals surface area contributed by atoms with Gasteiger partial charge < -0.3 is 19.9 Å². The van der Waals surface area contributed by atoms with Crippen molar-refractivity contribution in [1.29, 1.82) is 0 Å². The van der Waals surface area contributed by atoms with E-state index in [4.69, 9.17) is 9.47 Å². The molecule has 114 valence electrons. The molecule has 0 aliphatic carbocycles. The van der Waals surface area contributed by atoms with Crippen LogP contribution in [0.15, 0.2) is 18.2 Å². The van der Waals surface area contributed by atoms with Crippen LogP contribution in [0, 0.1) is 0 Å². The molecule has 4 heteroatoms. The van der Waals surface area contributed by atoms with Crippen LogP contribution in [0.5, 0.6) is 11.5 Å². The third kappa shape index (κ3) is 6.26. The van der Waals surface area contributed by atoms with E-state index in [1.807, 2.05) is 18.2 Å². The van der Waals surface area contributed by atoms with Crippen LogP contribution in [0.25, 0.3) is 0 Å². The molecule has 1 aromatic carbocycles. The third-order valence-corrected chi connectivity index (χ3v) is 2.91. The molecule has 0 aromatic heterocycles. The van der Waals surface area contributed by atoms with Gasteiger partial charge in [-0.05, 0) is 31.5 Å². The minimum atomic E-state index is -0.714. The summed E-state index contributed by atoms with van der Waals surface area (Å²) < 4.78 is 11.0. The first-order valence-corrected chi connectivity index (χ1v) is 7.07. The Morgan fingerprint density at radius 1 is 1.25 bits per heavy atom. The maximum atomic E-state index is 9.67. The lowest BCUT2D eigenvalue weighted by Gasteiger charge is -2.18. The Balaban J connectivity index is 2.63. The molecule has 0 atom stereocenters. The molecule has 4 nitrogen and oxygen atoms in total. The van der Waals surface area contributed by atoms with Gasteiger partial charge in [0.25, 0.3) is 0 Å². The smallest absolute Gasteiger partial charge is 0.161 e. The van der Waals surface area contributed by atoms with Gasteiger partial charge >= 0.3 is 0 Å². The second-order valence-electron chi connectivity index (χ2n) is 5.93. The largest absolute Gasteiger partial charge is 0.493 e. The van der Waals surface area contributed by atoms with Crippen molar-refractivity contribution in [3.05, 3.63) is 23.8 Å². The van der Waals surface area contributed by atoms with Crippen LogP contribution >= 0.6 is 0 Å². The lowest BCUT2D eigenvalue weighted by atomic mass is 10.1. The summed E-state index contributed by atoms with van der Waals surface area (Å²) in [5, 5.41) is 13.0. The number of nitrogens with one attached hydrogen (secondary N) is 1. The Kier molecular flexibility index (Phi) is 6.30. The molecule has 2 N–H and O–H groups in total. The summed E-state index contributed by atoms with van der Waals surface area (Å²) in [7, 11) is 1.64. The zero-order valence-corrected chi connectivity index (χ0v) is 13.2. The predicted molar refractivity (Wildman–Crippen MR) is 81.4 cm³/mol. The maximum absolute atomic E-state index is 9.67. The fourth-order valence-corrected chi connectivity index (χ4v) is 1.67. The Hall–Kier alpha value is -1.26. The molecule has 0 amide bonds. The van der Waals surface area contributed by atoms with Gasteiger partial charge in [-0.3, -0.25) is 0 Å². The van der Waals surface area contributed by atoms with Crippen LogP contribution in [0.2, 0.25) is 0 Å². The van der Waals surface area contributed by atoms with Gasteiger partial charge in [0, 0.05) is 19.0 Å². The van der Waals surface area contributed by atoms with E-state index in [0.29, 0.717) is 24.8 Å². The average molecular weight is 281 g/mol. The first-order valence-electron chi connectivity index (χ1n) is 7.07. The molecule has 1 aromatic rings. The predicted octanol–water partition coefficient (Wildman–Crippen LogP) is 2.73. The molecule has 0 fully saturated rings. The van der Waals surface area contributed by atoms with Gasteiger partial charge in [-0.25, -0.2) is 0 Å². The standard InChI is InChI=1S/C16H27NO3/c1-12(2)17-11-13-6-7-14(15(10-13)19-5)20-9-8-16(3,4)18/h6-7,10,12,17-18H,8-9,11H2,1-5H3. The molecule has 0 bridgehead atoms. The summed E-state index contributed by atoms with van der Waals surface area (Å²) in [6.07, 6.45) is 0.576. The molecular formula is C16H27NO3. The summed E-state index contributed by atoms with van der Waals surface area (Å²) >= 11 is 0. The van der Waals surface area contributed by atoms with Crippen LogP contribution in [0.1, 0.15) is 39.7 Å². The number of hydrogen-bond donors (Lipinski definition) is 2. The molecule has 20 heavy (non-hydrogen) atoms. The van der Waals surface area contributed by atoms with E-state index in [0.717, 1.165) is 17.9 Å². The van der Waals surface area contributed by atoms with Crippen molar-refractivity contribution in [3.8, 4) is 11.5 Å². The van der Waals surface area contributed by atoms with Crippen molar-refractivity contribution in [2.75, 3.05) is 13.7 Å². The van der Waals surface area contributed by atoms with Crippen molar-refractivity contribution >= 4 is 0 Å². The van der Waals surface area contributed by atoms with E-state index in [1.165, 1.54) is 0 Å². The van der Waals surface area contributed by atoms with E-state index >= 15 is 0 Å². The lowest BCUT2D eigenvalue weighted by molar-refractivity contribution is 0.0549. The summed E-state index contributed by atoms with van der Waals surface area (Å²) in [6, 6.07) is 6.37. The van der Waals surface area contributed by atoms with Crippen LogP contribution in [0.3, 0.4) is 0 Å². The summed E-state index contributed by atoms with van der Waals surface area (Å²) in [5.41, 5.74) is 0.444. The van der Waals surface area contributed by atoms with Crippen LogP contribution in [-0.4, -0.2) is 30.5 Å². The highest BCUT2D eigenvalue weighted by atomic mass is 16.5. The van der Waals surface area contributed by atoms with Crippen molar-refractivity contribution in [1.82, 2.24) is 5.32 Å². The van der Waals surface area contributed by atoms with Crippen LogP contribution in [-0.2, 0) is 6.54 Å². The second-order valence-corrected chi connectivity index (χ2v) is 5.93. The SMILES string of the molecule is COc1cc(CNC(C)C)ccc1OCCC(C)(C)O. The van der Waals surface area contributed by atoms with E-state index in [2.05, 4.69) is 19.2 Å². The van der Waals surface area contributed by atoms with Crippen molar-refractivity contribution in [2.24, 2.45) is 0 Å². The normalized spacial score (nSPS) is 11.8. The van der Waals surface area contributed by atoms with E-state index < -0.39 is 5.60 Å². The number of benzene rings is 1. The van der Waals surface area contributed by atoms with Gasteiger partial charge in [-0.1, -0.05) is 19.9 Å². The molecule has 0 aliphatic heterocycles. The van der Waals surface area contributed by atoms with Crippen LogP contribution in [0.4, 0.5) is 0 Å². The Morgan fingerprint density at radius 3 is 2.50 bits per heavy atom. The van der Waals surface area contributed by atoms with Crippen molar-refractivity contribution in [3.63, 3.8) is 0 Å². The van der Waals surface area contributed by atoms with E-state index in [1.54, 1.807) is 21.0 Å². The van der Waals surface area contributed by atoms with Gasteiger partial charge in [0.05, 0.1) is 19.3 Å². The zero-order chi connectivity index (χ0) is 15.2. The van der Waals surface area contributed by atoms with Gasteiger partial charge in [0.2, 0.25) is 0 Å². The Bertz CT molecular complexity index is 411. The fourth-order valence-electron chi connectivity index (χ4n) is 1.67. The van der Waals surface area contributed by atoms with Crippen molar-refractivity contribution < 1.29 is 14.6 Å². The Labute approximate surface area is 122 Å². The minimum absolute atomic E-state index is 0.448. The van der Waals surface area contributed by atoms with Crippen LogP contribution < -0.4 is 14.8 Å². The molecule has 0 saturated heterocycles. The molecule has 0 radical (unpaired) electrons. The maximum Gasteiger partial charge on any atom is 0.161 e. The van der Waals surface area contributed by atoms with Gasteiger partial charge in [-0.15, -0.1) is 0 Å². The quantitative estimate of drug-likeness (QED) is 0.769. The lowest BCUT2D eigenvalue weighted by Crippen LogP contribution is -2.22. The first-order chi connectivity index (χ1) is 9.31. The number of hydrogen-bond acceptors (Lipinski definition) is 4. The van der Waals surface area contributed by atoms with Gasteiger partial charge in [0.1, 0.15) is 0 Å². The summed E-state index contributed by atoms with van der Waals surface area (Å²) in [6.45, 7) is 9.04. The van der Waals surface area contributed by atoms with E-state index in [-0.39, 0.29) is 0 Å². The highest BCUT2D eigenvalue weighted by Gasteiger charge is 2.13. The molecular weight excluding hydrogens is 254 g/mol. The highest BCUT2D eigenvalue weighted by Crippen LogP contribution is 2.28. The highest BCUT2D eigenvalue weighted by molar-refractivity contribution is 5.42. The topological polar surface area (TPSA) is 50.7 Å². The molecule has 0 aliphatic rings. The average Bonchev–Trinajstić information content (AvgIpc) is 2.35. The molecule has 0 spiro atoms. The van der Waals surface area contributed by atoms with Crippen molar-refractivity contribution in [2.45, 2.75) is 52.3 Å². The molecule has 0 heterocycles. The van der Waals surface area contributed by atoms with Gasteiger partial charge in [-0.2, -0.15) is 0 Å². The van der Waals surface area contributed by atoms with Gasteiger partial charge in [0.15, 0.2) is 11.5 Å². The molecule has 0 saturated carbocycles. The summed E-state index contributed by atoms with van der Waals surface area (Å²) in [5.74, 6) is 1.44. The number of rotatable bonds is 8. The second kappa shape index (κ2) is 7.50. The fraction of sp³-hybridized carbons (Fsp3) is 0.625. The molecule has 0 unspecified atom stereocenters. The molecule has 1 rings (SSSR count). The third-order valence-electron chi connectivity index (χ3n) is 2.91. The summed E-state index contributed by atoms with van der Waals surface area (Å²) in [4.78, 5) is 0. The number of aliphatic hydroxyl groups is 1. The van der Waals surface area contributed by atoms with E-state index in [9.17, 15) is 5.11 Å². The minimum Gasteiger partial charge on any atom is -0.493 e. The monoisotopic (exact) mass is 281 g/mol.